The Morgan fingerprint density at radius 2 is 2.03 bits per heavy atom. The fourth-order valence-corrected chi connectivity index (χ4v) is 4.79. The summed E-state index contributed by atoms with van der Waals surface area (Å²) >= 11 is 1.77. The van der Waals surface area contributed by atoms with E-state index in [4.69, 9.17) is 15.9 Å². The lowest BCUT2D eigenvalue weighted by molar-refractivity contribution is 0.199. The van der Waals surface area contributed by atoms with E-state index in [1.165, 1.54) is 29.5 Å². The molecule has 6 nitrogen and oxygen atoms in total. The summed E-state index contributed by atoms with van der Waals surface area (Å²) in [7, 11) is 0. The van der Waals surface area contributed by atoms with E-state index in [1.54, 1.807) is 23.7 Å². The molecule has 152 valence electrons. The molecule has 0 radical (unpaired) electrons. The first kappa shape index (κ1) is 19.6. The Morgan fingerprint density at radius 1 is 1.24 bits per heavy atom. The summed E-state index contributed by atoms with van der Waals surface area (Å²) in [5.74, 6) is 1.45. The topological polar surface area (TPSA) is 96.9 Å². The Bertz CT molecular complexity index is 1070. The first-order valence-corrected chi connectivity index (χ1v) is 10.8. The van der Waals surface area contributed by atoms with Crippen LogP contribution in [0.3, 0.4) is 0 Å². The summed E-state index contributed by atoms with van der Waals surface area (Å²) in [6, 6.07) is 3.64. The van der Waals surface area contributed by atoms with Gasteiger partial charge in [0.2, 0.25) is 0 Å². The minimum absolute atomic E-state index is 0.0147. The number of anilines is 3. The van der Waals surface area contributed by atoms with E-state index in [9.17, 15) is 0 Å². The van der Waals surface area contributed by atoms with Crippen molar-refractivity contribution in [3.05, 3.63) is 34.5 Å². The summed E-state index contributed by atoms with van der Waals surface area (Å²) in [6.45, 7) is 6.93. The number of rotatable bonds is 5. The third-order valence-electron chi connectivity index (χ3n) is 5.01. The van der Waals surface area contributed by atoms with Gasteiger partial charge in [-0.25, -0.2) is 9.97 Å². The van der Waals surface area contributed by atoms with E-state index in [0.29, 0.717) is 23.6 Å². The average Bonchev–Trinajstić information content (AvgIpc) is 3.06. The number of thiophene rings is 1. The molecule has 0 bridgehead atoms. The molecule has 4 rings (SSSR count). The summed E-state index contributed by atoms with van der Waals surface area (Å²) in [4.78, 5) is 11.5. The van der Waals surface area contributed by atoms with Crippen molar-refractivity contribution in [2.75, 3.05) is 17.7 Å². The molecule has 0 unspecified atom stereocenters. The Morgan fingerprint density at radius 3 is 2.79 bits per heavy atom. The van der Waals surface area contributed by atoms with Crippen molar-refractivity contribution in [2.45, 2.75) is 46.5 Å². The first-order valence-electron chi connectivity index (χ1n) is 9.95. The van der Waals surface area contributed by atoms with Crippen LogP contribution in [0.25, 0.3) is 10.2 Å². The molecule has 0 aliphatic heterocycles. The lowest BCUT2D eigenvalue weighted by atomic mass is 9.97. The lowest BCUT2D eigenvalue weighted by Crippen LogP contribution is -2.17. The second-order valence-electron chi connectivity index (χ2n) is 8.71. The van der Waals surface area contributed by atoms with Gasteiger partial charge in [-0.1, -0.05) is 20.8 Å². The maximum atomic E-state index is 7.67. The van der Waals surface area contributed by atoms with Crippen LogP contribution in [0.2, 0.25) is 0 Å². The molecule has 0 fully saturated rings. The minimum Gasteiger partial charge on any atom is -0.491 e. The predicted molar refractivity (Wildman–Crippen MR) is 121 cm³/mol. The van der Waals surface area contributed by atoms with Crippen LogP contribution in [0.15, 0.2) is 18.5 Å². The number of aryl methyl sites for hydroxylation is 2. The zero-order valence-electron chi connectivity index (χ0n) is 17.1. The van der Waals surface area contributed by atoms with Crippen molar-refractivity contribution in [1.29, 1.82) is 5.41 Å². The van der Waals surface area contributed by atoms with Crippen LogP contribution in [0.5, 0.6) is 5.75 Å². The molecule has 29 heavy (non-hydrogen) atoms. The second kappa shape index (κ2) is 7.63. The molecule has 1 aliphatic rings. The van der Waals surface area contributed by atoms with Crippen molar-refractivity contribution in [2.24, 2.45) is 5.41 Å². The smallest absolute Gasteiger partial charge is 0.144 e. The van der Waals surface area contributed by atoms with E-state index < -0.39 is 0 Å². The van der Waals surface area contributed by atoms with Crippen molar-refractivity contribution in [1.82, 2.24) is 9.97 Å². The SMILES string of the molecule is CC(C)(C)COc1cc(N)c(C=N)cc1Nc1ncnc2sc3c(c12)CCCC3. The van der Waals surface area contributed by atoms with Crippen LogP contribution in [0.4, 0.5) is 17.2 Å². The van der Waals surface area contributed by atoms with Crippen molar-refractivity contribution in [3.8, 4) is 5.75 Å². The van der Waals surface area contributed by atoms with Gasteiger partial charge in [0, 0.05) is 28.4 Å². The molecule has 3 aromatic rings. The van der Waals surface area contributed by atoms with Gasteiger partial charge in [0.1, 0.15) is 22.7 Å². The fraction of sp³-hybridized carbons (Fsp3) is 0.409. The first-order chi connectivity index (χ1) is 13.9. The summed E-state index contributed by atoms with van der Waals surface area (Å²) in [5, 5.41) is 12.2. The van der Waals surface area contributed by atoms with Gasteiger partial charge >= 0.3 is 0 Å². The standard InChI is InChI=1S/C22H27N5OS/c1-22(2,3)11-28-17-9-15(24)13(10-23)8-16(17)27-20-19-14-6-4-5-7-18(14)29-21(19)26-12-25-20/h8-10,12,23H,4-7,11,24H2,1-3H3,(H,25,26,27). The third kappa shape index (κ3) is 4.05. The number of aromatic nitrogens is 2. The average molecular weight is 410 g/mol. The van der Waals surface area contributed by atoms with Gasteiger partial charge in [0.05, 0.1) is 17.7 Å². The molecule has 0 amide bonds. The third-order valence-corrected chi connectivity index (χ3v) is 6.21. The van der Waals surface area contributed by atoms with Crippen LogP contribution in [-0.4, -0.2) is 22.8 Å². The number of hydrogen-bond acceptors (Lipinski definition) is 7. The summed E-state index contributed by atoms with van der Waals surface area (Å²) < 4.78 is 6.10. The van der Waals surface area contributed by atoms with Crippen molar-refractivity contribution < 1.29 is 4.74 Å². The highest BCUT2D eigenvalue weighted by atomic mass is 32.1. The number of benzene rings is 1. The van der Waals surface area contributed by atoms with E-state index in [0.717, 1.165) is 34.6 Å². The highest BCUT2D eigenvalue weighted by Crippen LogP contribution is 2.40. The van der Waals surface area contributed by atoms with Crippen LogP contribution < -0.4 is 15.8 Å². The van der Waals surface area contributed by atoms with E-state index in [1.807, 2.05) is 6.07 Å². The largest absolute Gasteiger partial charge is 0.491 e. The van der Waals surface area contributed by atoms with E-state index in [2.05, 4.69) is 36.1 Å². The molecule has 2 aromatic heterocycles. The number of fused-ring (bicyclic) bond motifs is 3. The van der Waals surface area contributed by atoms with Gasteiger partial charge < -0.3 is 21.2 Å². The Labute approximate surface area is 175 Å². The fourth-order valence-electron chi connectivity index (χ4n) is 3.56. The van der Waals surface area contributed by atoms with Gasteiger partial charge in [-0.2, -0.15) is 0 Å². The molecule has 0 atom stereocenters. The van der Waals surface area contributed by atoms with Gasteiger partial charge in [-0.15, -0.1) is 11.3 Å². The molecule has 7 heteroatoms. The van der Waals surface area contributed by atoms with Gasteiger partial charge in [0.25, 0.3) is 0 Å². The second-order valence-corrected chi connectivity index (χ2v) is 9.79. The molecule has 1 aliphatic carbocycles. The Kier molecular flexibility index (Phi) is 5.17. The van der Waals surface area contributed by atoms with Gasteiger partial charge in [-0.3, -0.25) is 0 Å². The van der Waals surface area contributed by atoms with E-state index in [-0.39, 0.29) is 5.41 Å². The van der Waals surface area contributed by atoms with Gasteiger partial charge in [0.15, 0.2) is 0 Å². The molecule has 0 saturated heterocycles. The number of hydrogen-bond donors (Lipinski definition) is 3. The number of nitrogens with zero attached hydrogens (tertiary/aromatic N) is 2. The molecular weight excluding hydrogens is 382 g/mol. The van der Waals surface area contributed by atoms with Crippen LogP contribution in [0, 0.1) is 10.8 Å². The highest BCUT2D eigenvalue weighted by molar-refractivity contribution is 7.19. The molecule has 1 aromatic carbocycles. The maximum Gasteiger partial charge on any atom is 0.144 e. The van der Waals surface area contributed by atoms with E-state index >= 15 is 0 Å². The maximum absolute atomic E-state index is 7.67. The molecule has 2 heterocycles. The lowest BCUT2D eigenvalue weighted by Gasteiger charge is -2.21. The molecular formula is C22H27N5OS. The van der Waals surface area contributed by atoms with Crippen molar-refractivity contribution in [3.63, 3.8) is 0 Å². The number of nitrogens with two attached hydrogens (primary N) is 1. The van der Waals surface area contributed by atoms with Crippen LogP contribution >= 0.6 is 11.3 Å². The van der Waals surface area contributed by atoms with Crippen LogP contribution in [0.1, 0.15) is 49.6 Å². The molecule has 0 saturated carbocycles. The highest BCUT2D eigenvalue weighted by Gasteiger charge is 2.21. The van der Waals surface area contributed by atoms with Gasteiger partial charge in [-0.05, 0) is 42.7 Å². The monoisotopic (exact) mass is 409 g/mol. The Balaban J connectivity index is 1.77. The summed E-state index contributed by atoms with van der Waals surface area (Å²) in [6.07, 6.45) is 7.50. The predicted octanol–water partition coefficient (Wildman–Crippen LogP) is 5.32. The van der Waals surface area contributed by atoms with Crippen LogP contribution in [-0.2, 0) is 12.8 Å². The zero-order chi connectivity index (χ0) is 20.6. The minimum atomic E-state index is 0.0147. The zero-order valence-corrected chi connectivity index (χ0v) is 17.9. The summed E-state index contributed by atoms with van der Waals surface area (Å²) in [5.41, 5.74) is 9.44. The number of ether oxygens (including phenoxy) is 1. The molecule has 0 spiro atoms. The Hall–Kier alpha value is -2.67. The quantitative estimate of drug-likeness (QED) is 0.391. The number of nitrogen functional groups attached to an aromatic ring is 1. The number of nitrogens with one attached hydrogen (secondary N) is 2. The normalized spacial score (nSPS) is 13.9. The molecule has 4 N–H and O–H groups in total. The van der Waals surface area contributed by atoms with Crippen molar-refractivity contribution >= 4 is 45.0 Å².